The molecule has 1 aliphatic rings. The minimum absolute atomic E-state index is 0.297. The van der Waals surface area contributed by atoms with Crippen molar-refractivity contribution in [2.75, 3.05) is 19.6 Å². The Kier molecular flexibility index (Phi) is 6.85. The summed E-state index contributed by atoms with van der Waals surface area (Å²) in [4.78, 5) is 2.66. The lowest BCUT2D eigenvalue weighted by atomic mass is 9.84. The third kappa shape index (κ3) is 3.96. The summed E-state index contributed by atoms with van der Waals surface area (Å²) in [6.07, 6.45) is 3.62. The van der Waals surface area contributed by atoms with Gasteiger partial charge in [0.25, 0.3) is 0 Å². The van der Waals surface area contributed by atoms with E-state index in [0.29, 0.717) is 11.6 Å². The molecule has 3 heteroatoms. The molecule has 0 bridgehead atoms. The van der Waals surface area contributed by atoms with Crippen LogP contribution in [0.25, 0.3) is 0 Å². The summed E-state index contributed by atoms with van der Waals surface area (Å²) < 4.78 is 0. The van der Waals surface area contributed by atoms with Crippen LogP contribution in [0.15, 0.2) is 11.1 Å². The summed E-state index contributed by atoms with van der Waals surface area (Å²) in [6, 6.07) is 0.611. The average Bonchev–Trinajstić information content (AvgIpc) is 2.46. The van der Waals surface area contributed by atoms with Crippen molar-refractivity contribution in [3.8, 4) is 0 Å². The molecule has 1 N–H and O–H groups in total. The van der Waals surface area contributed by atoms with Crippen molar-refractivity contribution >= 4 is 11.6 Å². The van der Waals surface area contributed by atoms with E-state index in [0.717, 1.165) is 25.6 Å². The smallest absolute Gasteiger partial charge is 0.0332 e. The van der Waals surface area contributed by atoms with Gasteiger partial charge in [-0.25, -0.2) is 0 Å². The van der Waals surface area contributed by atoms with Crippen LogP contribution < -0.4 is 5.32 Å². The Balaban J connectivity index is 2.85. The van der Waals surface area contributed by atoms with Gasteiger partial charge < -0.3 is 5.32 Å². The first-order valence-corrected chi connectivity index (χ1v) is 8.20. The normalized spacial score (nSPS) is 26.4. The molecule has 0 radical (unpaired) electrons. The Morgan fingerprint density at radius 3 is 2.53 bits per heavy atom. The molecule has 0 aromatic heterocycles. The van der Waals surface area contributed by atoms with Gasteiger partial charge in [-0.2, -0.15) is 0 Å². The van der Waals surface area contributed by atoms with Crippen LogP contribution >= 0.6 is 11.6 Å². The van der Waals surface area contributed by atoms with Gasteiger partial charge >= 0.3 is 0 Å². The Bertz CT molecular complexity index is 297. The predicted octanol–water partition coefficient (Wildman–Crippen LogP) is 4.01. The van der Waals surface area contributed by atoms with Crippen LogP contribution in [0.1, 0.15) is 53.9 Å². The summed E-state index contributed by atoms with van der Waals surface area (Å²) in [7, 11) is 0. The second-order valence-corrected chi connectivity index (χ2v) is 6.36. The molecule has 2 nitrogen and oxygen atoms in total. The molecule has 1 aliphatic heterocycles. The van der Waals surface area contributed by atoms with E-state index < -0.39 is 0 Å². The summed E-state index contributed by atoms with van der Waals surface area (Å²) in [5, 5.41) is 3.79. The van der Waals surface area contributed by atoms with E-state index in [4.69, 9.17) is 11.6 Å². The van der Waals surface area contributed by atoms with Gasteiger partial charge in [-0.1, -0.05) is 45.7 Å². The van der Waals surface area contributed by atoms with E-state index in [1.54, 1.807) is 5.54 Å². The van der Waals surface area contributed by atoms with Crippen molar-refractivity contribution in [3.63, 3.8) is 0 Å². The fraction of sp³-hybridized carbons (Fsp3) is 0.875. The van der Waals surface area contributed by atoms with Gasteiger partial charge in [0.15, 0.2) is 0 Å². The first-order valence-electron chi connectivity index (χ1n) is 7.77. The van der Waals surface area contributed by atoms with Gasteiger partial charge in [-0.3, -0.25) is 4.90 Å². The highest BCUT2D eigenvalue weighted by molar-refractivity contribution is 6.25. The van der Waals surface area contributed by atoms with Crippen molar-refractivity contribution in [1.82, 2.24) is 10.2 Å². The maximum absolute atomic E-state index is 5.87. The first-order chi connectivity index (χ1) is 9.02. The first kappa shape index (κ1) is 17.0. The number of hydrogen-bond donors (Lipinski definition) is 1. The van der Waals surface area contributed by atoms with Gasteiger partial charge in [0.2, 0.25) is 0 Å². The third-order valence-electron chi connectivity index (χ3n) is 5.05. The highest BCUT2D eigenvalue weighted by Gasteiger charge is 2.39. The number of hydrogen-bond acceptors (Lipinski definition) is 2. The Morgan fingerprint density at radius 1 is 1.42 bits per heavy atom. The summed E-state index contributed by atoms with van der Waals surface area (Å²) in [5.74, 6) is 0.731. The van der Waals surface area contributed by atoms with Crippen molar-refractivity contribution in [3.05, 3.63) is 11.1 Å². The van der Waals surface area contributed by atoms with Crippen molar-refractivity contribution in [2.45, 2.75) is 65.5 Å². The Labute approximate surface area is 124 Å². The van der Waals surface area contributed by atoms with Crippen LogP contribution in [0.4, 0.5) is 0 Å². The van der Waals surface area contributed by atoms with E-state index in [-0.39, 0.29) is 0 Å². The molecule has 1 fully saturated rings. The van der Waals surface area contributed by atoms with Crippen LogP contribution in [0, 0.1) is 5.92 Å². The molecular weight excluding hydrogens is 256 g/mol. The second-order valence-electron chi connectivity index (χ2n) is 6.14. The lowest BCUT2D eigenvalue weighted by Crippen LogP contribution is -2.65. The Morgan fingerprint density at radius 2 is 2.05 bits per heavy atom. The summed E-state index contributed by atoms with van der Waals surface area (Å²) in [6.45, 7) is 14.6. The maximum atomic E-state index is 5.87. The molecular formula is C16H31ClN2. The molecule has 2 unspecified atom stereocenters. The molecule has 2 atom stereocenters. The van der Waals surface area contributed by atoms with Crippen LogP contribution in [0.2, 0.25) is 0 Å². The molecule has 112 valence electrons. The molecule has 19 heavy (non-hydrogen) atoms. The van der Waals surface area contributed by atoms with Crippen molar-refractivity contribution in [1.29, 1.82) is 0 Å². The number of piperazine rings is 1. The highest BCUT2D eigenvalue weighted by Crippen LogP contribution is 2.29. The van der Waals surface area contributed by atoms with Gasteiger partial charge in [-0.05, 0) is 31.3 Å². The lowest BCUT2D eigenvalue weighted by molar-refractivity contribution is 0.0282. The van der Waals surface area contributed by atoms with Crippen LogP contribution in [0.5, 0.6) is 0 Å². The summed E-state index contributed by atoms with van der Waals surface area (Å²) in [5.41, 5.74) is 3.29. The highest BCUT2D eigenvalue weighted by atomic mass is 35.5. The molecule has 0 aliphatic carbocycles. The molecule has 1 rings (SSSR count). The van der Waals surface area contributed by atoms with Crippen LogP contribution in [0.3, 0.4) is 0 Å². The zero-order valence-electron chi connectivity index (χ0n) is 13.3. The average molecular weight is 287 g/mol. The lowest BCUT2D eigenvalue weighted by Gasteiger charge is -2.51. The summed E-state index contributed by atoms with van der Waals surface area (Å²) >= 11 is 5.87. The van der Waals surface area contributed by atoms with E-state index in [1.807, 2.05) is 0 Å². The molecule has 1 saturated heterocycles. The minimum atomic E-state index is 0.297. The topological polar surface area (TPSA) is 15.3 Å². The molecule has 0 aromatic carbocycles. The standard InChI is InChI=1S/C16H31ClN2/c1-6-14(5)15-11-19(10-13(4)9-17)16(7-2,8-3)12-18-15/h9,14-15,18H,6-8,10-12H2,1-5H3. The van der Waals surface area contributed by atoms with E-state index in [1.165, 1.54) is 24.8 Å². The number of halogens is 1. The molecule has 0 saturated carbocycles. The predicted molar refractivity (Wildman–Crippen MR) is 85.7 cm³/mol. The van der Waals surface area contributed by atoms with Gasteiger partial charge in [0.05, 0.1) is 0 Å². The maximum Gasteiger partial charge on any atom is 0.0332 e. The van der Waals surface area contributed by atoms with Crippen molar-refractivity contribution in [2.24, 2.45) is 5.92 Å². The SMILES string of the molecule is CCC(C)C1CN(CC(C)=CCl)C(CC)(CC)CN1. The van der Waals surface area contributed by atoms with Crippen molar-refractivity contribution < 1.29 is 0 Å². The minimum Gasteiger partial charge on any atom is -0.311 e. The number of rotatable bonds is 6. The fourth-order valence-electron chi connectivity index (χ4n) is 3.11. The second kappa shape index (κ2) is 7.66. The molecule has 0 spiro atoms. The molecule has 1 heterocycles. The quantitative estimate of drug-likeness (QED) is 0.794. The van der Waals surface area contributed by atoms with Crippen LogP contribution in [-0.2, 0) is 0 Å². The van der Waals surface area contributed by atoms with E-state index >= 15 is 0 Å². The fourth-order valence-corrected chi connectivity index (χ4v) is 3.18. The van der Waals surface area contributed by atoms with E-state index in [2.05, 4.69) is 44.8 Å². The van der Waals surface area contributed by atoms with Gasteiger partial charge in [0.1, 0.15) is 0 Å². The monoisotopic (exact) mass is 286 g/mol. The molecule has 0 amide bonds. The van der Waals surface area contributed by atoms with Crippen LogP contribution in [-0.4, -0.2) is 36.1 Å². The van der Waals surface area contributed by atoms with Gasteiger partial charge in [-0.15, -0.1) is 0 Å². The van der Waals surface area contributed by atoms with Gasteiger partial charge in [0, 0.05) is 36.8 Å². The largest absolute Gasteiger partial charge is 0.311 e. The van der Waals surface area contributed by atoms with E-state index in [9.17, 15) is 0 Å². The molecule has 0 aromatic rings. The third-order valence-corrected chi connectivity index (χ3v) is 5.43. The number of nitrogens with one attached hydrogen (secondary N) is 1. The number of nitrogens with zero attached hydrogens (tertiary/aromatic N) is 1. The zero-order valence-corrected chi connectivity index (χ0v) is 14.1. The Hall–Kier alpha value is -0.0500. The zero-order chi connectivity index (χ0) is 14.5.